The smallest absolute Gasteiger partial charge is 0.0757 e. The van der Waals surface area contributed by atoms with Gasteiger partial charge in [-0.3, -0.25) is 4.98 Å². The normalized spacial score (nSPS) is 25.3. The Kier molecular flexibility index (Phi) is 4.98. The summed E-state index contributed by atoms with van der Waals surface area (Å²) in [5.41, 5.74) is 1.14. The topological polar surface area (TPSA) is 34.2 Å². The average molecular weight is 269 g/mol. The number of hydrogen-bond donors (Lipinski definition) is 1. The number of hydrogen-bond acceptors (Lipinski definition) is 3. The summed E-state index contributed by atoms with van der Waals surface area (Å²) in [6.07, 6.45) is 5.83. The summed E-state index contributed by atoms with van der Waals surface area (Å²) < 4.78 is 5.87. The van der Waals surface area contributed by atoms with E-state index in [2.05, 4.69) is 24.1 Å². The summed E-state index contributed by atoms with van der Waals surface area (Å²) in [4.78, 5) is 4.03. The van der Waals surface area contributed by atoms with E-state index in [0.29, 0.717) is 12.0 Å². The Bertz CT molecular complexity index is 386. The van der Waals surface area contributed by atoms with Crippen molar-refractivity contribution in [2.75, 3.05) is 13.2 Å². The second kappa shape index (κ2) is 6.50. The van der Waals surface area contributed by atoms with E-state index in [1.165, 1.54) is 0 Å². The van der Waals surface area contributed by atoms with Gasteiger partial charge in [0, 0.05) is 25.0 Å². The van der Waals surface area contributed by atoms with E-state index in [4.69, 9.17) is 16.3 Å². The molecule has 1 aliphatic heterocycles. The van der Waals surface area contributed by atoms with Crippen LogP contribution in [0.2, 0.25) is 5.02 Å². The standard InChI is InChI=1S/C14H21ClN2O/c1-3-17-13(14-10(2)5-7-18-14)8-11-4-6-16-9-12(11)15/h4,6,9-10,13-14,17H,3,5,7-8H2,1-2H3. The molecule has 18 heavy (non-hydrogen) atoms. The first-order chi connectivity index (χ1) is 8.72. The number of pyridine rings is 1. The van der Waals surface area contributed by atoms with Gasteiger partial charge in [0.15, 0.2) is 0 Å². The van der Waals surface area contributed by atoms with Crippen molar-refractivity contribution in [1.29, 1.82) is 0 Å². The van der Waals surface area contributed by atoms with Gasteiger partial charge in [-0.1, -0.05) is 25.4 Å². The first-order valence-corrected chi connectivity index (χ1v) is 7.03. The molecule has 0 aromatic carbocycles. The van der Waals surface area contributed by atoms with Gasteiger partial charge in [-0.05, 0) is 36.9 Å². The molecule has 100 valence electrons. The van der Waals surface area contributed by atoms with Gasteiger partial charge < -0.3 is 10.1 Å². The molecule has 0 radical (unpaired) electrons. The van der Waals surface area contributed by atoms with Crippen LogP contribution in [0.1, 0.15) is 25.8 Å². The number of nitrogens with one attached hydrogen (secondary N) is 1. The molecular weight excluding hydrogens is 248 g/mol. The fourth-order valence-electron chi connectivity index (χ4n) is 2.60. The zero-order valence-corrected chi connectivity index (χ0v) is 11.8. The predicted molar refractivity (Wildman–Crippen MR) is 73.9 cm³/mol. The maximum absolute atomic E-state index is 6.18. The zero-order valence-electron chi connectivity index (χ0n) is 11.0. The van der Waals surface area contributed by atoms with Gasteiger partial charge in [0.1, 0.15) is 0 Å². The lowest BCUT2D eigenvalue weighted by molar-refractivity contribution is 0.0615. The summed E-state index contributed by atoms with van der Waals surface area (Å²) in [6, 6.07) is 2.32. The molecule has 2 rings (SSSR count). The van der Waals surface area contributed by atoms with Gasteiger partial charge in [0.2, 0.25) is 0 Å². The Hall–Kier alpha value is -0.640. The molecule has 2 heterocycles. The van der Waals surface area contributed by atoms with E-state index in [1.54, 1.807) is 12.4 Å². The minimum Gasteiger partial charge on any atom is -0.376 e. The van der Waals surface area contributed by atoms with E-state index in [9.17, 15) is 0 Å². The van der Waals surface area contributed by atoms with Gasteiger partial charge in [-0.25, -0.2) is 0 Å². The maximum Gasteiger partial charge on any atom is 0.0757 e. The van der Waals surface area contributed by atoms with Crippen LogP contribution in [0.5, 0.6) is 0 Å². The minimum atomic E-state index is 0.286. The molecule has 0 bridgehead atoms. The third-order valence-electron chi connectivity index (χ3n) is 3.60. The van der Waals surface area contributed by atoms with Crippen molar-refractivity contribution in [3.8, 4) is 0 Å². The van der Waals surface area contributed by atoms with Crippen LogP contribution in [0.3, 0.4) is 0 Å². The largest absolute Gasteiger partial charge is 0.376 e. The van der Waals surface area contributed by atoms with Crippen molar-refractivity contribution in [2.45, 2.75) is 38.8 Å². The Morgan fingerprint density at radius 3 is 3.06 bits per heavy atom. The van der Waals surface area contributed by atoms with Crippen molar-refractivity contribution in [1.82, 2.24) is 10.3 Å². The fourth-order valence-corrected chi connectivity index (χ4v) is 2.80. The van der Waals surface area contributed by atoms with Crippen LogP contribution in [0.4, 0.5) is 0 Å². The third-order valence-corrected chi connectivity index (χ3v) is 3.94. The molecule has 1 saturated heterocycles. The Morgan fingerprint density at radius 1 is 1.61 bits per heavy atom. The zero-order chi connectivity index (χ0) is 13.0. The van der Waals surface area contributed by atoms with Gasteiger partial charge in [-0.15, -0.1) is 0 Å². The monoisotopic (exact) mass is 268 g/mol. The molecule has 3 nitrogen and oxygen atoms in total. The Morgan fingerprint density at radius 2 is 2.44 bits per heavy atom. The lowest BCUT2D eigenvalue weighted by atomic mass is 9.93. The summed E-state index contributed by atoms with van der Waals surface area (Å²) in [5, 5.41) is 4.27. The first-order valence-electron chi connectivity index (χ1n) is 6.65. The molecule has 0 aliphatic carbocycles. The van der Waals surface area contributed by atoms with Crippen LogP contribution in [0, 0.1) is 5.92 Å². The van der Waals surface area contributed by atoms with Crippen LogP contribution in [0.15, 0.2) is 18.5 Å². The molecule has 3 unspecified atom stereocenters. The molecule has 0 spiro atoms. The van der Waals surface area contributed by atoms with Crippen LogP contribution in [-0.2, 0) is 11.2 Å². The highest BCUT2D eigenvalue weighted by Gasteiger charge is 2.31. The fraction of sp³-hybridized carbons (Fsp3) is 0.643. The van der Waals surface area contributed by atoms with Gasteiger partial charge >= 0.3 is 0 Å². The summed E-state index contributed by atoms with van der Waals surface area (Å²) >= 11 is 6.18. The summed E-state index contributed by atoms with van der Waals surface area (Å²) in [7, 11) is 0. The molecule has 1 fully saturated rings. The lowest BCUT2D eigenvalue weighted by Gasteiger charge is -2.27. The summed E-state index contributed by atoms with van der Waals surface area (Å²) in [5.74, 6) is 0.606. The second-order valence-electron chi connectivity index (χ2n) is 4.94. The van der Waals surface area contributed by atoms with Gasteiger partial charge in [0.25, 0.3) is 0 Å². The molecule has 1 aromatic heterocycles. The average Bonchev–Trinajstić information content (AvgIpc) is 2.78. The van der Waals surface area contributed by atoms with Crippen LogP contribution in [-0.4, -0.2) is 30.3 Å². The highest BCUT2D eigenvalue weighted by Crippen LogP contribution is 2.26. The van der Waals surface area contributed by atoms with E-state index >= 15 is 0 Å². The first kappa shape index (κ1) is 13.8. The van der Waals surface area contributed by atoms with Gasteiger partial charge in [-0.2, -0.15) is 0 Å². The van der Waals surface area contributed by atoms with E-state index in [0.717, 1.165) is 36.6 Å². The van der Waals surface area contributed by atoms with E-state index < -0.39 is 0 Å². The molecule has 3 atom stereocenters. The second-order valence-corrected chi connectivity index (χ2v) is 5.34. The van der Waals surface area contributed by atoms with Crippen molar-refractivity contribution in [3.63, 3.8) is 0 Å². The molecule has 1 N–H and O–H groups in total. The van der Waals surface area contributed by atoms with Crippen LogP contribution >= 0.6 is 11.6 Å². The van der Waals surface area contributed by atoms with Crippen LogP contribution < -0.4 is 5.32 Å². The lowest BCUT2D eigenvalue weighted by Crippen LogP contribution is -2.43. The Labute approximate surface area is 114 Å². The number of nitrogens with zero attached hydrogens (tertiary/aromatic N) is 1. The number of ether oxygens (including phenoxy) is 1. The minimum absolute atomic E-state index is 0.286. The third kappa shape index (κ3) is 3.22. The predicted octanol–water partition coefficient (Wildman–Crippen LogP) is 2.68. The van der Waals surface area contributed by atoms with Crippen molar-refractivity contribution < 1.29 is 4.74 Å². The van der Waals surface area contributed by atoms with Crippen molar-refractivity contribution >= 4 is 11.6 Å². The molecule has 0 amide bonds. The number of halogens is 1. The molecule has 1 aliphatic rings. The number of rotatable bonds is 5. The number of aromatic nitrogens is 1. The number of likely N-dealkylation sites (N-methyl/N-ethyl adjacent to an activating group) is 1. The molecule has 1 aromatic rings. The Balaban J connectivity index is 2.08. The van der Waals surface area contributed by atoms with Crippen LogP contribution in [0.25, 0.3) is 0 Å². The maximum atomic E-state index is 6.18. The van der Waals surface area contributed by atoms with Crippen molar-refractivity contribution in [3.05, 3.63) is 29.0 Å². The van der Waals surface area contributed by atoms with Crippen molar-refractivity contribution in [2.24, 2.45) is 5.92 Å². The molecular formula is C14H21ClN2O. The van der Waals surface area contributed by atoms with E-state index in [-0.39, 0.29) is 6.10 Å². The quantitative estimate of drug-likeness (QED) is 0.892. The van der Waals surface area contributed by atoms with Gasteiger partial charge in [0.05, 0.1) is 11.1 Å². The SMILES string of the molecule is CCNC(Cc1ccncc1Cl)C1OCCC1C. The van der Waals surface area contributed by atoms with E-state index in [1.807, 2.05) is 6.07 Å². The summed E-state index contributed by atoms with van der Waals surface area (Å²) in [6.45, 7) is 6.20. The highest BCUT2D eigenvalue weighted by atomic mass is 35.5. The molecule has 4 heteroatoms. The highest BCUT2D eigenvalue weighted by molar-refractivity contribution is 6.31. The molecule has 0 saturated carbocycles.